The number of benzene rings is 1. The van der Waals surface area contributed by atoms with Crippen molar-refractivity contribution in [2.45, 2.75) is 57.8 Å². The van der Waals surface area contributed by atoms with E-state index >= 15 is 0 Å². The fourth-order valence-electron chi connectivity index (χ4n) is 2.63. The fraction of sp³-hybridized carbons (Fsp3) is 0.500. The van der Waals surface area contributed by atoms with Gasteiger partial charge in [-0.05, 0) is 31.9 Å². The van der Waals surface area contributed by atoms with Gasteiger partial charge in [0.05, 0.1) is 16.7 Å². The number of aromatic nitrogens is 2. The smallest absolute Gasteiger partial charge is 0.262 e. The minimum Gasteiger partial charge on any atom is -0.353 e. The number of rotatable bonds is 8. The number of hydrogen-bond acceptors (Lipinski definition) is 4. The zero-order chi connectivity index (χ0) is 17.5. The summed E-state index contributed by atoms with van der Waals surface area (Å²) < 4.78 is 1.68. The molecule has 1 amide bonds. The van der Waals surface area contributed by atoms with Crippen molar-refractivity contribution >= 4 is 28.6 Å². The molecule has 2 rings (SSSR count). The lowest BCUT2D eigenvalue weighted by molar-refractivity contribution is -0.119. The average molecular weight is 347 g/mol. The van der Waals surface area contributed by atoms with Crippen LogP contribution in [0.25, 0.3) is 10.9 Å². The normalized spacial score (nSPS) is 12.3. The lowest BCUT2D eigenvalue weighted by Crippen LogP contribution is -2.34. The van der Waals surface area contributed by atoms with Gasteiger partial charge in [0.2, 0.25) is 5.91 Å². The fourth-order valence-corrected chi connectivity index (χ4v) is 3.47. The number of nitrogens with one attached hydrogen (secondary N) is 1. The number of thioether (sulfide) groups is 1. The first-order chi connectivity index (χ1) is 11.6. The van der Waals surface area contributed by atoms with E-state index in [-0.39, 0.29) is 23.3 Å². The van der Waals surface area contributed by atoms with Crippen LogP contribution in [0, 0.1) is 0 Å². The summed E-state index contributed by atoms with van der Waals surface area (Å²) in [6.07, 6.45) is 2.84. The second-order valence-corrected chi connectivity index (χ2v) is 6.86. The quantitative estimate of drug-likeness (QED) is 0.588. The Hall–Kier alpha value is -1.82. The van der Waals surface area contributed by atoms with Crippen molar-refractivity contribution in [1.82, 2.24) is 14.9 Å². The molecule has 1 aromatic heterocycles. The van der Waals surface area contributed by atoms with Crippen molar-refractivity contribution in [2.24, 2.45) is 0 Å². The minimum absolute atomic E-state index is 0.0218. The topological polar surface area (TPSA) is 64.0 Å². The minimum atomic E-state index is -0.0373. The Morgan fingerprint density at radius 1 is 1.29 bits per heavy atom. The third-order valence-electron chi connectivity index (χ3n) is 3.74. The van der Waals surface area contributed by atoms with Gasteiger partial charge in [-0.15, -0.1) is 0 Å². The van der Waals surface area contributed by atoms with Gasteiger partial charge in [0.15, 0.2) is 5.16 Å². The van der Waals surface area contributed by atoms with Crippen LogP contribution < -0.4 is 10.9 Å². The molecule has 0 saturated carbocycles. The van der Waals surface area contributed by atoms with Crippen LogP contribution in [0.15, 0.2) is 34.2 Å². The number of carbonyl (C=O) groups is 1. The molecule has 0 radical (unpaired) electrons. The van der Waals surface area contributed by atoms with Gasteiger partial charge >= 0.3 is 0 Å². The summed E-state index contributed by atoms with van der Waals surface area (Å²) in [4.78, 5) is 29.3. The Bertz CT molecular complexity index is 758. The van der Waals surface area contributed by atoms with Gasteiger partial charge < -0.3 is 5.32 Å². The van der Waals surface area contributed by atoms with Crippen molar-refractivity contribution in [3.05, 3.63) is 34.6 Å². The number of nitrogens with zero attached hydrogens (tertiary/aromatic N) is 2. The van der Waals surface area contributed by atoms with Crippen LogP contribution in [0.4, 0.5) is 0 Å². The van der Waals surface area contributed by atoms with Crippen LogP contribution in [-0.4, -0.2) is 27.3 Å². The van der Waals surface area contributed by atoms with E-state index < -0.39 is 0 Å². The van der Waals surface area contributed by atoms with Gasteiger partial charge in [0, 0.05) is 12.6 Å². The zero-order valence-corrected chi connectivity index (χ0v) is 15.4. The lowest BCUT2D eigenvalue weighted by atomic mass is 10.2. The molecule has 0 spiro atoms. The highest BCUT2D eigenvalue weighted by atomic mass is 32.2. The zero-order valence-electron chi connectivity index (χ0n) is 14.5. The van der Waals surface area contributed by atoms with Crippen molar-refractivity contribution in [3.8, 4) is 0 Å². The van der Waals surface area contributed by atoms with Gasteiger partial charge in [-0.25, -0.2) is 4.98 Å². The molecular weight excluding hydrogens is 322 g/mol. The first-order valence-electron chi connectivity index (χ1n) is 8.48. The maximum absolute atomic E-state index is 12.7. The highest BCUT2D eigenvalue weighted by molar-refractivity contribution is 7.99. The first-order valence-corrected chi connectivity index (χ1v) is 9.47. The van der Waals surface area contributed by atoms with Crippen LogP contribution in [0.5, 0.6) is 0 Å². The average Bonchev–Trinajstić information content (AvgIpc) is 2.56. The molecule has 0 fully saturated rings. The van der Waals surface area contributed by atoms with Gasteiger partial charge in [-0.3, -0.25) is 14.2 Å². The number of amides is 1. The summed E-state index contributed by atoms with van der Waals surface area (Å²) in [5, 5.41) is 4.21. The summed E-state index contributed by atoms with van der Waals surface area (Å²) >= 11 is 1.32. The molecule has 2 aromatic rings. The van der Waals surface area contributed by atoms with E-state index in [4.69, 9.17) is 0 Å². The molecule has 6 heteroatoms. The van der Waals surface area contributed by atoms with Crippen molar-refractivity contribution < 1.29 is 4.79 Å². The van der Waals surface area contributed by atoms with Crippen LogP contribution in [-0.2, 0) is 11.3 Å². The van der Waals surface area contributed by atoms with Crippen LogP contribution in [0.2, 0.25) is 0 Å². The van der Waals surface area contributed by atoms with Gasteiger partial charge in [-0.2, -0.15) is 0 Å². The van der Waals surface area contributed by atoms with E-state index in [0.717, 1.165) is 19.3 Å². The Kier molecular flexibility index (Phi) is 6.85. The molecule has 1 aromatic carbocycles. The largest absolute Gasteiger partial charge is 0.353 e. The molecule has 1 atom stereocenters. The highest BCUT2D eigenvalue weighted by Crippen LogP contribution is 2.18. The molecule has 130 valence electrons. The van der Waals surface area contributed by atoms with E-state index in [2.05, 4.69) is 17.2 Å². The van der Waals surface area contributed by atoms with Crippen molar-refractivity contribution in [3.63, 3.8) is 0 Å². The summed E-state index contributed by atoms with van der Waals surface area (Å²) in [5.41, 5.74) is 0.641. The Labute approximate surface area is 146 Å². The third-order valence-corrected chi connectivity index (χ3v) is 4.71. The monoisotopic (exact) mass is 347 g/mol. The molecule has 24 heavy (non-hydrogen) atoms. The first kappa shape index (κ1) is 18.5. The van der Waals surface area contributed by atoms with Gasteiger partial charge in [0.1, 0.15) is 0 Å². The molecule has 0 aliphatic rings. The van der Waals surface area contributed by atoms with Crippen LogP contribution >= 0.6 is 11.8 Å². The maximum atomic E-state index is 12.7. The number of carbonyl (C=O) groups excluding carboxylic acids is 1. The van der Waals surface area contributed by atoms with E-state index in [1.807, 2.05) is 32.0 Å². The summed E-state index contributed by atoms with van der Waals surface area (Å²) in [6.45, 7) is 6.73. The lowest BCUT2D eigenvalue weighted by Gasteiger charge is -2.14. The maximum Gasteiger partial charge on any atom is 0.262 e. The van der Waals surface area contributed by atoms with E-state index in [1.165, 1.54) is 11.8 Å². The van der Waals surface area contributed by atoms with Gasteiger partial charge in [0.25, 0.3) is 5.56 Å². The summed E-state index contributed by atoms with van der Waals surface area (Å²) in [7, 11) is 0. The van der Waals surface area contributed by atoms with Crippen molar-refractivity contribution in [2.75, 3.05) is 5.75 Å². The summed E-state index contributed by atoms with van der Waals surface area (Å²) in [5.74, 6) is 0.245. The number of fused-ring (bicyclic) bond motifs is 1. The van der Waals surface area contributed by atoms with Crippen LogP contribution in [0.1, 0.15) is 40.0 Å². The molecule has 5 nitrogen and oxygen atoms in total. The molecule has 0 aliphatic heterocycles. The highest BCUT2D eigenvalue weighted by Gasteiger charge is 2.13. The predicted octanol–water partition coefficient (Wildman–Crippen LogP) is 3.20. The molecule has 0 aliphatic carbocycles. The SMILES string of the molecule is CCC[C@@H](C)NC(=O)CSc1nc2ccccc2c(=O)n1CCC. The van der Waals surface area contributed by atoms with Gasteiger partial charge in [-0.1, -0.05) is 44.2 Å². The molecule has 1 heterocycles. The molecule has 1 N–H and O–H groups in total. The Balaban J connectivity index is 2.20. The van der Waals surface area contributed by atoms with Crippen molar-refractivity contribution in [1.29, 1.82) is 0 Å². The second-order valence-electron chi connectivity index (χ2n) is 5.91. The Morgan fingerprint density at radius 2 is 2.04 bits per heavy atom. The van der Waals surface area contributed by atoms with E-state index in [1.54, 1.807) is 10.6 Å². The molecular formula is C18H25N3O2S. The van der Waals surface area contributed by atoms with Crippen LogP contribution in [0.3, 0.4) is 0 Å². The van der Waals surface area contributed by atoms with E-state index in [0.29, 0.717) is 22.6 Å². The number of para-hydroxylation sites is 1. The molecule has 0 saturated heterocycles. The Morgan fingerprint density at radius 3 is 2.75 bits per heavy atom. The standard InChI is InChI=1S/C18H25N3O2S/c1-4-8-13(3)19-16(22)12-24-18-20-15-10-7-6-9-14(15)17(23)21(18)11-5-2/h6-7,9-10,13H,4-5,8,11-12H2,1-3H3,(H,19,22)/t13-/m1/s1. The third kappa shape index (κ3) is 4.60. The molecule has 0 unspecified atom stereocenters. The summed E-state index contributed by atoms with van der Waals surface area (Å²) in [6, 6.07) is 7.51. The second kappa shape index (κ2) is 8.87. The molecule has 0 bridgehead atoms. The number of hydrogen-bond donors (Lipinski definition) is 1. The van der Waals surface area contributed by atoms with E-state index in [9.17, 15) is 9.59 Å². The predicted molar refractivity (Wildman–Crippen MR) is 99.5 cm³/mol.